The summed E-state index contributed by atoms with van der Waals surface area (Å²) in [4.78, 5) is 25.5. The Hall–Kier alpha value is -3.95. The lowest BCUT2D eigenvalue weighted by atomic mass is 10.1. The Balaban J connectivity index is 1.41. The number of anilines is 1. The van der Waals surface area contributed by atoms with Crippen molar-refractivity contribution in [1.82, 2.24) is 29.5 Å². The number of likely N-dealkylation sites (N-methyl/N-ethyl adjacent to an activating group) is 1. The molecule has 0 bridgehead atoms. The number of carbonyl (C=O) groups is 1. The molecule has 0 aliphatic carbocycles. The van der Waals surface area contributed by atoms with Gasteiger partial charge in [0.1, 0.15) is 29.3 Å². The molecule has 196 valence electrons. The zero-order chi connectivity index (χ0) is 26.6. The number of hydrogen-bond donors (Lipinski definition) is 1. The number of nitrogen functional groups attached to an aromatic ring is 1. The van der Waals surface area contributed by atoms with E-state index in [1.54, 1.807) is 18.2 Å². The van der Waals surface area contributed by atoms with Crippen molar-refractivity contribution >= 4 is 34.4 Å². The summed E-state index contributed by atoms with van der Waals surface area (Å²) in [7, 11) is 3.94. The third-order valence-corrected chi connectivity index (χ3v) is 6.73. The van der Waals surface area contributed by atoms with Gasteiger partial charge in [-0.1, -0.05) is 17.7 Å². The molecule has 2 aromatic heterocycles. The molecule has 4 aromatic rings. The van der Waals surface area contributed by atoms with Crippen LogP contribution in [0.4, 0.5) is 5.82 Å². The van der Waals surface area contributed by atoms with Crippen molar-refractivity contribution in [3.05, 3.63) is 72.0 Å². The van der Waals surface area contributed by atoms with Crippen LogP contribution in [0, 0.1) is 0 Å². The van der Waals surface area contributed by atoms with Gasteiger partial charge in [-0.3, -0.25) is 4.79 Å². The molecular formula is C28H30ClN7O2. The van der Waals surface area contributed by atoms with Gasteiger partial charge in [-0.25, -0.2) is 14.6 Å². The van der Waals surface area contributed by atoms with Gasteiger partial charge in [0.15, 0.2) is 5.65 Å². The summed E-state index contributed by atoms with van der Waals surface area (Å²) in [6, 6.07) is 14.8. The van der Waals surface area contributed by atoms with E-state index in [0.717, 1.165) is 31.5 Å². The molecule has 3 heterocycles. The van der Waals surface area contributed by atoms with Crippen molar-refractivity contribution in [2.24, 2.45) is 0 Å². The van der Waals surface area contributed by atoms with Gasteiger partial charge >= 0.3 is 0 Å². The molecule has 0 saturated carbocycles. The Bertz CT molecular complexity index is 1450. The van der Waals surface area contributed by atoms with E-state index >= 15 is 0 Å². The van der Waals surface area contributed by atoms with Gasteiger partial charge in [-0.05, 0) is 75.5 Å². The first-order valence-electron chi connectivity index (χ1n) is 12.5. The molecule has 2 N–H and O–H groups in total. The predicted molar refractivity (Wildman–Crippen MR) is 149 cm³/mol. The molecule has 1 amide bonds. The monoisotopic (exact) mass is 531 g/mol. The Morgan fingerprint density at radius 1 is 1.13 bits per heavy atom. The van der Waals surface area contributed by atoms with E-state index in [4.69, 9.17) is 27.2 Å². The Kier molecular flexibility index (Phi) is 7.57. The number of rotatable bonds is 7. The largest absolute Gasteiger partial charge is 0.457 e. The van der Waals surface area contributed by atoms with Crippen LogP contribution in [0.1, 0.15) is 18.9 Å². The number of amides is 1. The molecule has 1 fully saturated rings. The second kappa shape index (κ2) is 11.2. The van der Waals surface area contributed by atoms with Crippen LogP contribution in [0.15, 0.2) is 67.0 Å². The molecule has 1 aliphatic rings. The summed E-state index contributed by atoms with van der Waals surface area (Å²) in [6.45, 7) is 1.99. The van der Waals surface area contributed by atoms with E-state index in [-0.39, 0.29) is 11.9 Å². The maximum absolute atomic E-state index is 12.8. The number of carbonyl (C=O) groups excluding carboxylic acids is 1. The molecule has 5 rings (SSSR count). The number of piperidine rings is 1. The Morgan fingerprint density at radius 3 is 2.55 bits per heavy atom. The van der Waals surface area contributed by atoms with Crippen molar-refractivity contribution in [2.45, 2.75) is 18.9 Å². The fourth-order valence-electron chi connectivity index (χ4n) is 4.60. The van der Waals surface area contributed by atoms with E-state index in [1.165, 1.54) is 6.33 Å². The Labute approximate surface area is 226 Å². The fourth-order valence-corrected chi connectivity index (χ4v) is 4.72. The number of hydrogen-bond acceptors (Lipinski definition) is 7. The first-order valence-corrected chi connectivity index (χ1v) is 12.9. The number of likely N-dealkylation sites (tertiary alicyclic amines) is 1. The highest BCUT2D eigenvalue weighted by Crippen LogP contribution is 2.35. The van der Waals surface area contributed by atoms with Gasteiger partial charge in [0.2, 0.25) is 5.91 Å². The number of aromatic nitrogens is 4. The SMILES string of the molecule is CN(C)C/C=C/C(=O)N1CCCC(n2nc(-c3ccc(Oc4ccc(Cl)cc4)cc3)c3c(N)ncnc32)C1. The summed E-state index contributed by atoms with van der Waals surface area (Å²) in [5.74, 6) is 1.77. The first-order chi connectivity index (χ1) is 18.4. The number of ether oxygens (including phenoxy) is 1. The van der Waals surface area contributed by atoms with Gasteiger partial charge in [-0.15, -0.1) is 0 Å². The molecule has 2 aromatic carbocycles. The van der Waals surface area contributed by atoms with Gasteiger partial charge in [-0.2, -0.15) is 5.10 Å². The highest BCUT2D eigenvalue weighted by molar-refractivity contribution is 6.30. The van der Waals surface area contributed by atoms with Gasteiger partial charge in [0.25, 0.3) is 0 Å². The summed E-state index contributed by atoms with van der Waals surface area (Å²) in [6.07, 6.45) is 6.77. The van der Waals surface area contributed by atoms with Crippen LogP contribution >= 0.6 is 11.6 Å². The van der Waals surface area contributed by atoms with Gasteiger partial charge in [0.05, 0.1) is 11.4 Å². The first kappa shape index (κ1) is 25.7. The zero-order valence-electron chi connectivity index (χ0n) is 21.4. The van der Waals surface area contributed by atoms with Crippen LogP contribution in [0.2, 0.25) is 5.02 Å². The standard InChI is InChI=1S/C28H30ClN7O2/c1-34(2)15-4-6-24(37)35-16-3-5-21(17-35)36-28-25(27(30)31-18-32-28)26(33-36)19-7-11-22(12-8-19)38-23-13-9-20(29)10-14-23/h4,6-14,18,21H,3,5,15-17H2,1-2H3,(H2,30,31,32)/b6-4+. The number of nitrogens with two attached hydrogens (primary N) is 1. The minimum atomic E-state index is -0.0204. The molecule has 0 spiro atoms. The third-order valence-electron chi connectivity index (χ3n) is 6.48. The summed E-state index contributed by atoms with van der Waals surface area (Å²) < 4.78 is 7.84. The average Bonchev–Trinajstić information content (AvgIpc) is 3.31. The zero-order valence-corrected chi connectivity index (χ0v) is 22.2. The van der Waals surface area contributed by atoms with Crippen LogP contribution in [-0.2, 0) is 4.79 Å². The van der Waals surface area contributed by atoms with Gasteiger partial charge < -0.3 is 20.3 Å². The summed E-state index contributed by atoms with van der Waals surface area (Å²) >= 11 is 5.97. The topological polar surface area (TPSA) is 102 Å². The van der Waals surface area contributed by atoms with Crippen LogP contribution in [0.25, 0.3) is 22.3 Å². The number of benzene rings is 2. The van der Waals surface area contributed by atoms with Gasteiger partial charge in [0, 0.05) is 36.3 Å². The minimum absolute atomic E-state index is 0.0126. The molecule has 1 saturated heterocycles. The van der Waals surface area contributed by atoms with Crippen molar-refractivity contribution < 1.29 is 9.53 Å². The van der Waals surface area contributed by atoms with E-state index in [0.29, 0.717) is 45.6 Å². The molecule has 0 radical (unpaired) electrons. The quantitative estimate of drug-likeness (QED) is 0.342. The van der Waals surface area contributed by atoms with Crippen molar-refractivity contribution in [3.63, 3.8) is 0 Å². The fraction of sp³-hybridized carbons (Fsp3) is 0.286. The highest BCUT2D eigenvalue weighted by atomic mass is 35.5. The smallest absolute Gasteiger partial charge is 0.246 e. The van der Waals surface area contributed by atoms with Crippen molar-refractivity contribution in [2.75, 3.05) is 39.5 Å². The maximum Gasteiger partial charge on any atom is 0.246 e. The number of fused-ring (bicyclic) bond motifs is 1. The lowest BCUT2D eigenvalue weighted by Gasteiger charge is -2.32. The van der Waals surface area contributed by atoms with E-state index in [9.17, 15) is 4.79 Å². The predicted octanol–water partition coefficient (Wildman–Crippen LogP) is 4.80. The number of nitrogens with zero attached hydrogens (tertiary/aromatic N) is 6. The van der Waals surface area contributed by atoms with Crippen LogP contribution in [0.3, 0.4) is 0 Å². The minimum Gasteiger partial charge on any atom is -0.457 e. The molecule has 1 aliphatic heterocycles. The lowest BCUT2D eigenvalue weighted by Crippen LogP contribution is -2.40. The van der Waals surface area contributed by atoms with Crippen LogP contribution in [-0.4, -0.2) is 69.2 Å². The highest BCUT2D eigenvalue weighted by Gasteiger charge is 2.28. The summed E-state index contributed by atoms with van der Waals surface area (Å²) in [5, 5.41) is 6.32. The second-order valence-electron chi connectivity index (χ2n) is 9.58. The molecule has 9 nitrogen and oxygen atoms in total. The maximum atomic E-state index is 12.8. The van der Waals surface area contributed by atoms with Crippen LogP contribution in [0.5, 0.6) is 11.5 Å². The van der Waals surface area contributed by atoms with Crippen molar-refractivity contribution in [3.8, 4) is 22.8 Å². The lowest BCUT2D eigenvalue weighted by molar-refractivity contribution is -0.127. The average molecular weight is 532 g/mol. The van der Waals surface area contributed by atoms with Crippen LogP contribution < -0.4 is 10.5 Å². The van der Waals surface area contributed by atoms with E-state index in [1.807, 2.05) is 71.1 Å². The molecule has 1 unspecified atom stereocenters. The molecular weight excluding hydrogens is 502 g/mol. The number of halogens is 1. The molecule has 10 heteroatoms. The van der Waals surface area contributed by atoms with E-state index < -0.39 is 0 Å². The molecule has 38 heavy (non-hydrogen) atoms. The Morgan fingerprint density at radius 2 is 1.84 bits per heavy atom. The summed E-state index contributed by atoms with van der Waals surface area (Å²) in [5.41, 5.74) is 8.55. The van der Waals surface area contributed by atoms with E-state index in [2.05, 4.69) is 9.97 Å². The van der Waals surface area contributed by atoms with Crippen molar-refractivity contribution in [1.29, 1.82) is 0 Å². The second-order valence-corrected chi connectivity index (χ2v) is 10.0. The normalized spacial score (nSPS) is 16.0. The third kappa shape index (κ3) is 5.64. The molecule has 1 atom stereocenters.